The van der Waals surface area contributed by atoms with Gasteiger partial charge in [-0.05, 0) is 56.7 Å². The Bertz CT molecular complexity index is 1750. The first-order chi connectivity index (χ1) is 18.4. The van der Waals surface area contributed by atoms with Crippen LogP contribution in [-0.2, 0) is 11.3 Å². The highest BCUT2D eigenvalue weighted by Crippen LogP contribution is 2.36. The number of benzene rings is 3. The van der Waals surface area contributed by atoms with Crippen molar-refractivity contribution in [2.75, 3.05) is 5.01 Å². The van der Waals surface area contributed by atoms with E-state index in [1.807, 2.05) is 42.7 Å². The lowest BCUT2D eigenvalue weighted by Gasteiger charge is -2.15. The maximum absolute atomic E-state index is 14.5. The summed E-state index contributed by atoms with van der Waals surface area (Å²) in [5.74, 6) is -12.0. The summed E-state index contributed by atoms with van der Waals surface area (Å²) >= 11 is 12.4. The second kappa shape index (κ2) is 9.81. The van der Waals surface area contributed by atoms with Gasteiger partial charge in [0.25, 0.3) is 5.91 Å². The first-order valence-electron chi connectivity index (χ1n) is 11.6. The maximum atomic E-state index is 14.5. The third-order valence-electron chi connectivity index (χ3n) is 6.62. The lowest BCUT2D eigenvalue weighted by molar-refractivity contribution is -0.114. The number of hydrogen-bond donors (Lipinski definition) is 0. The Labute approximate surface area is 229 Å². The van der Waals surface area contributed by atoms with Gasteiger partial charge in [0.2, 0.25) is 5.82 Å². The molecule has 4 nitrogen and oxygen atoms in total. The highest BCUT2D eigenvalue weighted by atomic mass is 35.5. The maximum Gasteiger partial charge on any atom is 0.280 e. The molecular weight excluding hydrogens is 560 g/mol. The zero-order valence-corrected chi connectivity index (χ0v) is 22.2. The molecule has 11 heteroatoms. The van der Waals surface area contributed by atoms with Crippen LogP contribution in [0, 0.1) is 42.9 Å². The van der Waals surface area contributed by atoms with Crippen molar-refractivity contribution in [1.29, 1.82) is 0 Å². The third-order valence-corrected chi connectivity index (χ3v) is 7.21. The largest absolute Gasteiger partial charge is 0.340 e. The molecule has 0 saturated heterocycles. The fourth-order valence-electron chi connectivity index (χ4n) is 4.59. The summed E-state index contributed by atoms with van der Waals surface area (Å²) in [5, 5.41) is 5.78. The van der Waals surface area contributed by atoms with Crippen LogP contribution < -0.4 is 5.01 Å². The van der Waals surface area contributed by atoms with E-state index in [9.17, 15) is 26.7 Å². The Morgan fingerprint density at radius 1 is 0.872 bits per heavy atom. The van der Waals surface area contributed by atoms with Gasteiger partial charge >= 0.3 is 0 Å². The predicted molar refractivity (Wildman–Crippen MR) is 142 cm³/mol. The number of hydrogen-bond acceptors (Lipinski definition) is 2. The van der Waals surface area contributed by atoms with E-state index in [4.69, 9.17) is 23.2 Å². The number of fused-ring (bicyclic) bond motifs is 1. The fourth-order valence-corrected chi connectivity index (χ4v) is 5.06. The molecule has 200 valence electrons. The van der Waals surface area contributed by atoms with E-state index < -0.39 is 40.7 Å². The topological polar surface area (TPSA) is 37.6 Å². The van der Waals surface area contributed by atoms with Crippen molar-refractivity contribution in [1.82, 2.24) is 4.57 Å². The van der Waals surface area contributed by atoms with Crippen molar-refractivity contribution in [3.63, 3.8) is 0 Å². The Morgan fingerprint density at radius 2 is 1.51 bits per heavy atom. The molecule has 0 spiro atoms. The van der Waals surface area contributed by atoms with E-state index in [1.54, 1.807) is 12.1 Å². The molecule has 3 aromatic carbocycles. The smallest absolute Gasteiger partial charge is 0.280 e. The molecule has 0 unspecified atom stereocenters. The van der Waals surface area contributed by atoms with E-state index in [1.165, 1.54) is 13.0 Å². The summed E-state index contributed by atoms with van der Waals surface area (Å²) in [6.45, 7) is 5.52. The molecule has 2 heterocycles. The van der Waals surface area contributed by atoms with E-state index in [-0.39, 0.29) is 16.3 Å². The van der Waals surface area contributed by atoms with Gasteiger partial charge in [0.1, 0.15) is 5.69 Å². The van der Waals surface area contributed by atoms with Gasteiger partial charge in [-0.1, -0.05) is 40.9 Å². The van der Waals surface area contributed by atoms with Crippen LogP contribution in [0.5, 0.6) is 0 Å². The molecular formula is C28H18Cl2F5N3O. The standard InChI is InChI=1S/C28H18Cl2F5N3O/c1-12-4-7-21-19(8-12)18(14(3)37(21)11-15-5-6-16(29)9-20(15)30)10-17-13(2)36-38(28(17)39)27-25(34)23(32)22(31)24(33)26(27)35/h4-10H,11H2,1-3H3/b17-10+. The molecule has 0 bridgehead atoms. The normalized spacial score (nSPS) is 14.7. The van der Waals surface area contributed by atoms with Gasteiger partial charge in [-0.2, -0.15) is 10.1 Å². The second-order valence-corrected chi connectivity index (χ2v) is 9.96. The Hall–Kier alpha value is -3.69. The minimum Gasteiger partial charge on any atom is -0.340 e. The number of aromatic nitrogens is 1. The number of carbonyl (C=O) groups excluding carboxylic acids is 1. The van der Waals surface area contributed by atoms with Crippen molar-refractivity contribution < 1.29 is 26.7 Å². The van der Waals surface area contributed by atoms with Crippen LogP contribution in [-0.4, -0.2) is 16.2 Å². The molecule has 5 rings (SSSR count). The minimum absolute atomic E-state index is 0.0395. The highest BCUT2D eigenvalue weighted by Gasteiger charge is 2.37. The van der Waals surface area contributed by atoms with Gasteiger partial charge in [-0.25, -0.2) is 22.0 Å². The van der Waals surface area contributed by atoms with Gasteiger partial charge in [0.15, 0.2) is 23.3 Å². The fraction of sp³-hybridized carbons (Fsp3) is 0.143. The van der Waals surface area contributed by atoms with E-state index in [0.717, 1.165) is 27.7 Å². The van der Waals surface area contributed by atoms with Crippen LogP contribution >= 0.6 is 23.2 Å². The lowest BCUT2D eigenvalue weighted by Crippen LogP contribution is -2.25. The van der Waals surface area contributed by atoms with Crippen molar-refractivity contribution in [3.05, 3.63) is 103 Å². The summed E-state index contributed by atoms with van der Waals surface area (Å²) in [6, 6.07) is 10.9. The number of rotatable bonds is 4. The molecule has 0 aliphatic carbocycles. The van der Waals surface area contributed by atoms with Gasteiger partial charge in [-0.15, -0.1) is 0 Å². The van der Waals surface area contributed by atoms with Crippen molar-refractivity contribution in [2.24, 2.45) is 5.10 Å². The van der Waals surface area contributed by atoms with Crippen molar-refractivity contribution in [2.45, 2.75) is 27.3 Å². The number of carbonyl (C=O) groups is 1. The summed E-state index contributed by atoms with van der Waals surface area (Å²) in [7, 11) is 0. The van der Waals surface area contributed by atoms with Gasteiger partial charge in [-0.3, -0.25) is 4.79 Å². The number of nitrogens with zero attached hydrogens (tertiary/aromatic N) is 3. The van der Waals surface area contributed by atoms with Crippen molar-refractivity contribution in [3.8, 4) is 0 Å². The molecule has 4 aromatic rings. The summed E-state index contributed by atoms with van der Waals surface area (Å²) < 4.78 is 72.2. The first-order valence-corrected chi connectivity index (χ1v) is 12.3. The number of amides is 1. The zero-order chi connectivity index (χ0) is 28.3. The lowest BCUT2D eigenvalue weighted by atomic mass is 10.0. The molecule has 1 aliphatic rings. The SMILES string of the molecule is CC1=NN(c2c(F)c(F)c(F)c(F)c2F)C(=O)/C1=C/c1c(C)n(Cc2ccc(Cl)cc2Cl)c2ccc(C)cc12. The minimum atomic E-state index is -2.32. The van der Waals surface area contributed by atoms with Crippen LogP contribution in [0.3, 0.4) is 0 Å². The molecule has 1 aromatic heterocycles. The molecule has 1 amide bonds. The van der Waals surface area contributed by atoms with Crippen molar-refractivity contribution >= 4 is 57.5 Å². The zero-order valence-electron chi connectivity index (χ0n) is 20.6. The summed E-state index contributed by atoms with van der Waals surface area (Å²) in [6.07, 6.45) is 1.50. The molecule has 39 heavy (non-hydrogen) atoms. The molecule has 0 fully saturated rings. The molecule has 0 radical (unpaired) electrons. The number of anilines is 1. The third kappa shape index (κ3) is 4.39. The van der Waals surface area contributed by atoms with Crippen LogP contribution in [0.2, 0.25) is 10.0 Å². The van der Waals surface area contributed by atoms with Crippen LogP contribution in [0.15, 0.2) is 47.1 Å². The predicted octanol–water partition coefficient (Wildman–Crippen LogP) is 8.11. The molecule has 1 aliphatic heterocycles. The summed E-state index contributed by atoms with van der Waals surface area (Å²) in [4.78, 5) is 13.3. The number of aryl methyl sites for hydroxylation is 1. The Balaban J connectivity index is 1.64. The second-order valence-electron chi connectivity index (χ2n) is 9.12. The van der Waals surface area contributed by atoms with E-state index in [2.05, 4.69) is 5.10 Å². The van der Waals surface area contributed by atoms with Gasteiger partial charge in [0.05, 0.1) is 11.3 Å². The van der Waals surface area contributed by atoms with Gasteiger partial charge < -0.3 is 4.57 Å². The van der Waals surface area contributed by atoms with E-state index in [0.29, 0.717) is 22.2 Å². The quantitative estimate of drug-likeness (QED) is 0.104. The van der Waals surface area contributed by atoms with Crippen LogP contribution in [0.1, 0.15) is 29.3 Å². The first kappa shape index (κ1) is 26.9. The van der Waals surface area contributed by atoms with E-state index >= 15 is 0 Å². The number of hydrazone groups is 1. The molecule has 0 atom stereocenters. The highest BCUT2D eigenvalue weighted by molar-refractivity contribution is 6.35. The van der Waals surface area contributed by atoms with Gasteiger partial charge in [0, 0.05) is 38.8 Å². The molecule has 0 saturated carbocycles. The Morgan fingerprint density at radius 3 is 2.15 bits per heavy atom. The average Bonchev–Trinajstić information content (AvgIpc) is 3.30. The molecule has 0 N–H and O–H groups in total. The van der Waals surface area contributed by atoms with Crippen LogP contribution in [0.25, 0.3) is 17.0 Å². The monoisotopic (exact) mass is 577 g/mol. The number of halogens is 7. The van der Waals surface area contributed by atoms with Crippen LogP contribution in [0.4, 0.5) is 27.6 Å². The average molecular weight is 578 g/mol. The summed E-state index contributed by atoms with van der Waals surface area (Å²) in [5.41, 5.74) is 2.47. The Kier molecular flexibility index (Phi) is 6.76.